The van der Waals surface area contributed by atoms with Crippen LogP contribution in [0.1, 0.15) is 21.5 Å². The maximum absolute atomic E-state index is 13.2. The lowest BCUT2D eigenvalue weighted by Gasteiger charge is -2.15. The van der Waals surface area contributed by atoms with Crippen LogP contribution in [0.2, 0.25) is 0 Å². The van der Waals surface area contributed by atoms with E-state index in [1.54, 1.807) is 6.07 Å². The lowest BCUT2D eigenvalue weighted by atomic mass is 10.1. The summed E-state index contributed by atoms with van der Waals surface area (Å²) in [5.41, 5.74) is 2.39. The zero-order valence-corrected chi connectivity index (χ0v) is 13.3. The fraction of sp³-hybridized carbons (Fsp3) is 0.0667. The molecule has 2 rings (SSSR count). The molecule has 2 aromatic carbocycles. The van der Waals surface area contributed by atoms with Crippen LogP contribution in [0.5, 0.6) is 0 Å². The lowest BCUT2D eigenvalue weighted by Crippen LogP contribution is -2.30. The Hall–Kier alpha value is -2.60. The van der Waals surface area contributed by atoms with Crippen molar-refractivity contribution in [2.45, 2.75) is 6.18 Å². The number of rotatable bonds is 3. The van der Waals surface area contributed by atoms with Crippen molar-refractivity contribution in [2.24, 2.45) is 0 Å². The molecule has 0 bridgehead atoms. The van der Waals surface area contributed by atoms with Gasteiger partial charge < -0.3 is 0 Å². The van der Waals surface area contributed by atoms with Gasteiger partial charge in [0.15, 0.2) is 0 Å². The molecule has 2 N–H and O–H groups in total. The molecule has 0 unspecified atom stereocenters. The molecule has 124 valence electrons. The van der Waals surface area contributed by atoms with E-state index in [0.717, 1.165) is 18.2 Å². The summed E-state index contributed by atoms with van der Waals surface area (Å²) in [6.07, 6.45) is -4.72. The molecule has 2 aromatic rings. The molecule has 4 nitrogen and oxygen atoms in total. The van der Waals surface area contributed by atoms with Crippen LogP contribution in [0.25, 0.3) is 0 Å². The number of halogens is 5. The molecule has 0 heterocycles. The van der Waals surface area contributed by atoms with Crippen LogP contribution in [-0.2, 0) is 6.18 Å². The molecule has 0 saturated carbocycles. The van der Waals surface area contributed by atoms with Gasteiger partial charge in [-0.3, -0.25) is 15.6 Å². The highest BCUT2D eigenvalue weighted by molar-refractivity contribution is 9.10. The summed E-state index contributed by atoms with van der Waals surface area (Å²) in [5, 5.41) is 8.69. The first kappa shape index (κ1) is 17.7. The third-order valence-corrected chi connectivity index (χ3v) is 3.35. The van der Waals surface area contributed by atoms with Gasteiger partial charge in [0, 0.05) is 10.0 Å². The van der Waals surface area contributed by atoms with Gasteiger partial charge in [0.1, 0.15) is 5.82 Å². The standard InChI is InChI=1S/C15H8BrF4N3O/c16-10-4-9(5-11(17)6-10)14(24)23-22-13-2-1-8(7-21)3-12(13)15(18,19)20/h1-6,22H,(H,23,24). The Morgan fingerprint density at radius 3 is 2.46 bits per heavy atom. The summed E-state index contributed by atoms with van der Waals surface area (Å²) in [7, 11) is 0. The third-order valence-electron chi connectivity index (χ3n) is 2.89. The number of nitriles is 1. The highest BCUT2D eigenvalue weighted by Crippen LogP contribution is 2.35. The topological polar surface area (TPSA) is 64.9 Å². The minimum absolute atomic E-state index is 0.0865. The molecule has 0 fully saturated rings. The monoisotopic (exact) mass is 401 g/mol. The second-order valence-electron chi connectivity index (χ2n) is 4.61. The number of hydrogen-bond acceptors (Lipinski definition) is 3. The molecule has 9 heteroatoms. The Kier molecular flexibility index (Phi) is 5.09. The molecule has 0 aromatic heterocycles. The Labute approximate surface area is 142 Å². The van der Waals surface area contributed by atoms with Crippen molar-refractivity contribution in [3.05, 3.63) is 63.4 Å². The molecule has 0 spiro atoms. The minimum Gasteiger partial charge on any atom is -0.298 e. The molecule has 0 aliphatic carbocycles. The number of nitrogens with zero attached hydrogens (tertiary/aromatic N) is 1. The molecule has 1 amide bonds. The van der Waals surface area contributed by atoms with Gasteiger partial charge in [0.25, 0.3) is 5.91 Å². The molecule has 0 saturated heterocycles. The van der Waals surface area contributed by atoms with Crippen molar-refractivity contribution in [3.8, 4) is 6.07 Å². The van der Waals surface area contributed by atoms with Gasteiger partial charge in [-0.25, -0.2) is 4.39 Å². The fourth-order valence-electron chi connectivity index (χ4n) is 1.84. The third kappa shape index (κ3) is 4.23. The van der Waals surface area contributed by atoms with Crippen LogP contribution in [-0.4, -0.2) is 5.91 Å². The van der Waals surface area contributed by atoms with Crippen molar-refractivity contribution in [2.75, 3.05) is 5.43 Å². The Morgan fingerprint density at radius 2 is 1.88 bits per heavy atom. The van der Waals surface area contributed by atoms with E-state index in [4.69, 9.17) is 5.26 Å². The SMILES string of the molecule is N#Cc1ccc(NNC(=O)c2cc(F)cc(Br)c2)c(C(F)(F)F)c1. The van der Waals surface area contributed by atoms with E-state index in [1.165, 1.54) is 12.1 Å². The van der Waals surface area contributed by atoms with E-state index in [2.05, 4.69) is 26.8 Å². The Bertz CT molecular complexity index is 810. The zero-order valence-electron chi connectivity index (χ0n) is 11.7. The Morgan fingerprint density at radius 1 is 1.17 bits per heavy atom. The lowest BCUT2D eigenvalue weighted by molar-refractivity contribution is -0.137. The number of anilines is 1. The summed E-state index contributed by atoms with van der Waals surface area (Å²) < 4.78 is 52.6. The number of benzene rings is 2. The van der Waals surface area contributed by atoms with E-state index in [1.807, 2.05) is 0 Å². The quantitative estimate of drug-likeness (QED) is 0.597. The average molecular weight is 402 g/mol. The number of amides is 1. The van der Waals surface area contributed by atoms with E-state index in [9.17, 15) is 22.4 Å². The number of nitrogens with one attached hydrogen (secondary N) is 2. The van der Waals surface area contributed by atoms with Crippen molar-refractivity contribution >= 4 is 27.5 Å². The van der Waals surface area contributed by atoms with Gasteiger partial charge in [-0.1, -0.05) is 15.9 Å². The molecule has 24 heavy (non-hydrogen) atoms. The molecular formula is C15H8BrF4N3O. The highest BCUT2D eigenvalue weighted by atomic mass is 79.9. The number of hydrogen-bond donors (Lipinski definition) is 2. The van der Waals surface area contributed by atoms with Crippen molar-refractivity contribution in [1.82, 2.24) is 5.43 Å². The smallest absolute Gasteiger partial charge is 0.298 e. The number of hydrazine groups is 1. The predicted octanol–water partition coefficient (Wildman–Crippen LogP) is 4.24. The molecule has 0 aliphatic rings. The van der Waals surface area contributed by atoms with Gasteiger partial charge in [-0.15, -0.1) is 0 Å². The van der Waals surface area contributed by atoms with Crippen LogP contribution in [0.4, 0.5) is 23.2 Å². The number of carbonyl (C=O) groups is 1. The van der Waals surface area contributed by atoms with Gasteiger partial charge in [-0.2, -0.15) is 18.4 Å². The normalized spacial score (nSPS) is 10.8. The van der Waals surface area contributed by atoms with Gasteiger partial charge in [0.2, 0.25) is 0 Å². The van der Waals surface area contributed by atoms with Gasteiger partial charge >= 0.3 is 6.18 Å². The summed E-state index contributed by atoms with van der Waals surface area (Å²) in [4.78, 5) is 11.9. The number of carbonyl (C=O) groups excluding carboxylic acids is 1. The van der Waals surface area contributed by atoms with Crippen molar-refractivity contribution in [1.29, 1.82) is 5.26 Å². The maximum Gasteiger partial charge on any atom is 0.418 e. The molecule has 0 radical (unpaired) electrons. The average Bonchev–Trinajstić information content (AvgIpc) is 2.50. The van der Waals surface area contributed by atoms with Gasteiger partial charge in [-0.05, 0) is 36.4 Å². The van der Waals surface area contributed by atoms with E-state index in [-0.39, 0.29) is 11.1 Å². The summed E-state index contributed by atoms with van der Waals surface area (Å²) in [6, 6.07) is 7.83. The second-order valence-corrected chi connectivity index (χ2v) is 5.52. The maximum atomic E-state index is 13.2. The van der Waals surface area contributed by atoms with Crippen LogP contribution < -0.4 is 10.9 Å². The number of alkyl halides is 3. The first-order chi connectivity index (χ1) is 11.2. The summed E-state index contributed by atoms with van der Waals surface area (Å²) in [6.45, 7) is 0. The second kappa shape index (κ2) is 6.88. The van der Waals surface area contributed by atoms with Crippen LogP contribution in [0, 0.1) is 17.1 Å². The van der Waals surface area contributed by atoms with Crippen molar-refractivity contribution < 1.29 is 22.4 Å². The Balaban J connectivity index is 2.23. The van der Waals surface area contributed by atoms with E-state index >= 15 is 0 Å². The largest absolute Gasteiger partial charge is 0.418 e. The predicted molar refractivity (Wildman–Crippen MR) is 81.3 cm³/mol. The van der Waals surface area contributed by atoms with Crippen LogP contribution in [0.3, 0.4) is 0 Å². The molecule has 0 atom stereocenters. The van der Waals surface area contributed by atoms with E-state index in [0.29, 0.717) is 10.5 Å². The van der Waals surface area contributed by atoms with Crippen molar-refractivity contribution in [3.63, 3.8) is 0 Å². The van der Waals surface area contributed by atoms with Gasteiger partial charge in [0.05, 0.1) is 22.9 Å². The molecule has 0 aliphatic heterocycles. The summed E-state index contributed by atoms with van der Waals surface area (Å²) >= 11 is 3.01. The zero-order chi connectivity index (χ0) is 17.9. The van der Waals surface area contributed by atoms with E-state index < -0.39 is 29.2 Å². The van der Waals surface area contributed by atoms with Crippen LogP contribution >= 0.6 is 15.9 Å². The first-order valence-corrected chi connectivity index (χ1v) is 7.14. The van der Waals surface area contributed by atoms with Crippen LogP contribution in [0.15, 0.2) is 40.9 Å². The highest BCUT2D eigenvalue weighted by Gasteiger charge is 2.34. The summed E-state index contributed by atoms with van der Waals surface area (Å²) in [5.74, 6) is -1.50. The fourth-order valence-corrected chi connectivity index (χ4v) is 2.30. The first-order valence-electron chi connectivity index (χ1n) is 6.34. The minimum atomic E-state index is -4.72. The molecular weight excluding hydrogens is 394 g/mol.